The van der Waals surface area contributed by atoms with E-state index in [9.17, 15) is 0 Å². The highest BCUT2D eigenvalue weighted by molar-refractivity contribution is 6.42. The van der Waals surface area contributed by atoms with E-state index in [0.29, 0.717) is 15.9 Å². The smallest absolute Gasteiger partial charge is 0.131 e. The molecule has 0 atom stereocenters. The quantitative estimate of drug-likeness (QED) is 0.908. The van der Waals surface area contributed by atoms with Crippen LogP contribution >= 0.6 is 23.2 Å². The third kappa shape index (κ3) is 2.42. The Labute approximate surface area is 116 Å². The molecule has 0 amide bonds. The SMILES string of the molecule is CCc1nc(N)c(C)c(-c2ccc(Cl)c(Cl)c2)n1. The first kappa shape index (κ1) is 13.1. The predicted octanol–water partition coefficient (Wildman–Crippen LogP) is 3.90. The summed E-state index contributed by atoms with van der Waals surface area (Å²) < 4.78 is 0. The third-order valence-corrected chi connectivity index (χ3v) is 3.48. The molecule has 0 aliphatic rings. The summed E-state index contributed by atoms with van der Waals surface area (Å²) in [5, 5.41) is 1.03. The van der Waals surface area contributed by atoms with Gasteiger partial charge < -0.3 is 5.73 Å². The average Bonchev–Trinajstić information content (AvgIpc) is 2.36. The molecule has 1 aromatic heterocycles. The van der Waals surface area contributed by atoms with Crippen molar-refractivity contribution in [3.8, 4) is 11.3 Å². The lowest BCUT2D eigenvalue weighted by Gasteiger charge is -2.10. The van der Waals surface area contributed by atoms with E-state index >= 15 is 0 Å². The minimum absolute atomic E-state index is 0.503. The molecule has 3 nitrogen and oxygen atoms in total. The number of aryl methyl sites for hydroxylation is 1. The number of anilines is 1. The van der Waals surface area contributed by atoms with Crippen molar-refractivity contribution in [3.63, 3.8) is 0 Å². The van der Waals surface area contributed by atoms with Crippen molar-refractivity contribution >= 4 is 29.0 Å². The molecule has 0 spiro atoms. The minimum atomic E-state index is 0.503. The molecule has 0 fully saturated rings. The Kier molecular flexibility index (Phi) is 3.73. The van der Waals surface area contributed by atoms with Crippen molar-refractivity contribution in [1.29, 1.82) is 0 Å². The highest BCUT2D eigenvalue weighted by atomic mass is 35.5. The zero-order valence-electron chi connectivity index (χ0n) is 10.2. The van der Waals surface area contributed by atoms with Crippen molar-refractivity contribution in [2.45, 2.75) is 20.3 Å². The summed E-state index contributed by atoms with van der Waals surface area (Å²) in [6.07, 6.45) is 0.735. The number of nitrogens with two attached hydrogens (primary N) is 1. The summed E-state index contributed by atoms with van der Waals surface area (Å²) in [6, 6.07) is 5.42. The monoisotopic (exact) mass is 281 g/mol. The van der Waals surface area contributed by atoms with Gasteiger partial charge in [0.15, 0.2) is 0 Å². The second-order valence-corrected chi connectivity index (χ2v) is 4.80. The maximum Gasteiger partial charge on any atom is 0.131 e. The lowest BCUT2D eigenvalue weighted by molar-refractivity contribution is 0.940. The van der Waals surface area contributed by atoms with E-state index in [0.717, 1.165) is 29.1 Å². The fourth-order valence-electron chi connectivity index (χ4n) is 1.66. The Balaban J connectivity index is 2.62. The zero-order chi connectivity index (χ0) is 13.3. The van der Waals surface area contributed by atoms with Crippen LogP contribution in [0.1, 0.15) is 18.3 Å². The molecule has 2 aromatic rings. The van der Waals surface area contributed by atoms with E-state index < -0.39 is 0 Å². The van der Waals surface area contributed by atoms with Gasteiger partial charge in [0.05, 0.1) is 15.7 Å². The zero-order valence-corrected chi connectivity index (χ0v) is 11.7. The first-order valence-corrected chi connectivity index (χ1v) is 6.37. The van der Waals surface area contributed by atoms with Crippen LogP contribution in [-0.2, 0) is 6.42 Å². The van der Waals surface area contributed by atoms with Crippen LogP contribution in [0.3, 0.4) is 0 Å². The highest BCUT2D eigenvalue weighted by Gasteiger charge is 2.11. The first-order chi connectivity index (χ1) is 8.52. The number of aromatic nitrogens is 2. The van der Waals surface area contributed by atoms with Gasteiger partial charge in [-0.05, 0) is 19.1 Å². The van der Waals surface area contributed by atoms with Crippen LogP contribution in [0, 0.1) is 6.92 Å². The summed E-state index contributed by atoms with van der Waals surface area (Å²) >= 11 is 11.9. The molecule has 0 radical (unpaired) electrons. The van der Waals surface area contributed by atoms with Crippen LogP contribution in [0.4, 0.5) is 5.82 Å². The Hall–Kier alpha value is -1.32. The van der Waals surface area contributed by atoms with Crippen LogP contribution in [0.2, 0.25) is 10.0 Å². The Morgan fingerprint density at radius 3 is 2.50 bits per heavy atom. The first-order valence-electron chi connectivity index (χ1n) is 5.61. The molecule has 0 aliphatic heterocycles. The van der Waals surface area contributed by atoms with Crippen LogP contribution in [-0.4, -0.2) is 9.97 Å². The molecule has 5 heteroatoms. The molecule has 1 heterocycles. The molecular weight excluding hydrogens is 269 g/mol. The fraction of sp³-hybridized carbons (Fsp3) is 0.231. The van der Waals surface area contributed by atoms with Gasteiger partial charge in [-0.2, -0.15) is 0 Å². The fourth-order valence-corrected chi connectivity index (χ4v) is 1.96. The lowest BCUT2D eigenvalue weighted by atomic mass is 10.1. The van der Waals surface area contributed by atoms with Gasteiger partial charge >= 0.3 is 0 Å². The second kappa shape index (κ2) is 5.12. The number of nitrogens with zero attached hydrogens (tertiary/aromatic N) is 2. The Bertz CT molecular complexity index is 597. The standard InChI is InChI=1S/C13H13Cl2N3/c1-3-11-17-12(7(2)13(16)18-11)8-4-5-9(14)10(15)6-8/h4-6H,3H2,1-2H3,(H2,16,17,18). The molecular formula is C13H13Cl2N3. The van der Waals surface area contributed by atoms with E-state index in [1.807, 2.05) is 19.9 Å². The molecule has 0 unspecified atom stereocenters. The van der Waals surface area contributed by atoms with Crippen molar-refractivity contribution in [1.82, 2.24) is 9.97 Å². The van der Waals surface area contributed by atoms with Crippen LogP contribution in [0.25, 0.3) is 11.3 Å². The van der Waals surface area contributed by atoms with Crippen molar-refractivity contribution in [2.75, 3.05) is 5.73 Å². The van der Waals surface area contributed by atoms with Crippen molar-refractivity contribution in [2.24, 2.45) is 0 Å². The van der Waals surface area contributed by atoms with E-state index in [-0.39, 0.29) is 0 Å². The molecule has 0 saturated heterocycles. The molecule has 1 aromatic carbocycles. The predicted molar refractivity (Wildman–Crippen MR) is 76.0 cm³/mol. The van der Waals surface area contributed by atoms with Crippen molar-refractivity contribution in [3.05, 3.63) is 39.6 Å². The van der Waals surface area contributed by atoms with Gasteiger partial charge in [-0.15, -0.1) is 0 Å². The number of halogens is 2. The minimum Gasteiger partial charge on any atom is -0.383 e. The molecule has 18 heavy (non-hydrogen) atoms. The number of rotatable bonds is 2. The Morgan fingerprint density at radius 2 is 1.89 bits per heavy atom. The summed E-state index contributed by atoms with van der Waals surface area (Å²) in [5.74, 6) is 1.22. The van der Waals surface area contributed by atoms with Gasteiger partial charge in [-0.1, -0.05) is 36.2 Å². The van der Waals surface area contributed by atoms with Gasteiger partial charge in [0.2, 0.25) is 0 Å². The molecule has 0 aliphatic carbocycles. The Morgan fingerprint density at radius 1 is 1.17 bits per heavy atom. The topological polar surface area (TPSA) is 51.8 Å². The molecule has 2 N–H and O–H groups in total. The largest absolute Gasteiger partial charge is 0.383 e. The number of hydrogen-bond donors (Lipinski definition) is 1. The van der Waals surface area contributed by atoms with E-state index in [1.54, 1.807) is 12.1 Å². The average molecular weight is 282 g/mol. The van der Waals surface area contributed by atoms with Gasteiger partial charge in [0.1, 0.15) is 11.6 Å². The summed E-state index contributed by atoms with van der Waals surface area (Å²) in [4.78, 5) is 8.72. The van der Waals surface area contributed by atoms with Gasteiger partial charge in [-0.25, -0.2) is 9.97 Å². The van der Waals surface area contributed by atoms with Crippen LogP contribution in [0.5, 0.6) is 0 Å². The maximum absolute atomic E-state index is 6.02. The number of nitrogen functional groups attached to an aromatic ring is 1. The summed E-state index contributed by atoms with van der Waals surface area (Å²) in [7, 11) is 0. The van der Waals surface area contributed by atoms with E-state index in [1.165, 1.54) is 0 Å². The van der Waals surface area contributed by atoms with Crippen LogP contribution in [0.15, 0.2) is 18.2 Å². The third-order valence-electron chi connectivity index (χ3n) is 2.74. The second-order valence-electron chi connectivity index (χ2n) is 3.98. The molecule has 94 valence electrons. The highest BCUT2D eigenvalue weighted by Crippen LogP contribution is 2.30. The molecule has 0 saturated carbocycles. The van der Waals surface area contributed by atoms with Crippen LogP contribution < -0.4 is 5.73 Å². The molecule has 0 bridgehead atoms. The number of benzene rings is 1. The maximum atomic E-state index is 6.02. The van der Waals surface area contributed by atoms with E-state index in [4.69, 9.17) is 28.9 Å². The van der Waals surface area contributed by atoms with Gasteiger partial charge in [-0.3, -0.25) is 0 Å². The normalized spacial score (nSPS) is 10.7. The molecule has 2 rings (SSSR count). The van der Waals surface area contributed by atoms with E-state index in [2.05, 4.69) is 9.97 Å². The summed E-state index contributed by atoms with van der Waals surface area (Å²) in [6.45, 7) is 3.88. The van der Waals surface area contributed by atoms with Crippen molar-refractivity contribution < 1.29 is 0 Å². The lowest BCUT2D eigenvalue weighted by Crippen LogP contribution is -2.04. The van der Waals surface area contributed by atoms with Gasteiger partial charge in [0.25, 0.3) is 0 Å². The summed E-state index contributed by atoms with van der Waals surface area (Å²) in [5.41, 5.74) is 8.44. The number of hydrogen-bond acceptors (Lipinski definition) is 3. The van der Waals surface area contributed by atoms with Gasteiger partial charge in [0, 0.05) is 17.5 Å².